The lowest BCUT2D eigenvalue weighted by molar-refractivity contribution is 0.122. The second-order valence-corrected chi connectivity index (χ2v) is 4.60. The first kappa shape index (κ1) is 11.4. The fraction of sp³-hybridized carbons (Fsp3) is 0.583. The van der Waals surface area contributed by atoms with Crippen molar-refractivity contribution in [1.29, 1.82) is 0 Å². The summed E-state index contributed by atoms with van der Waals surface area (Å²) in [5.74, 6) is 1.77. The topological polar surface area (TPSA) is 56.1 Å². The van der Waals surface area contributed by atoms with Gasteiger partial charge in [0.25, 0.3) is 0 Å². The summed E-state index contributed by atoms with van der Waals surface area (Å²) in [6, 6.07) is 0. The van der Waals surface area contributed by atoms with E-state index in [0.717, 1.165) is 54.7 Å². The van der Waals surface area contributed by atoms with E-state index in [1.54, 1.807) is 0 Å². The third kappa shape index (κ3) is 1.73. The summed E-state index contributed by atoms with van der Waals surface area (Å²) in [5, 5.41) is 4.44. The molecular weight excluding hydrogens is 230 g/mol. The van der Waals surface area contributed by atoms with Gasteiger partial charge in [-0.2, -0.15) is 5.10 Å². The van der Waals surface area contributed by atoms with Crippen LogP contribution in [0.3, 0.4) is 0 Å². The Morgan fingerprint density at radius 3 is 2.56 bits per heavy atom. The number of rotatable bonds is 1. The van der Waals surface area contributed by atoms with Gasteiger partial charge in [0.1, 0.15) is 16.9 Å². The molecule has 18 heavy (non-hydrogen) atoms. The summed E-state index contributed by atoms with van der Waals surface area (Å²) in [6.45, 7) is 7.15. The summed E-state index contributed by atoms with van der Waals surface area (Å²) < 4.78 is 7.26. The Morgan fingerprint density at radius 1 is 1.11 bits per heavy atom. The number of aryl methyl sites for hydroxylation is 3. The van der Waals surface area contributed by atoms with Gasteiger partial charge in [0, 0.05) is 20.1 Å². The van der Waals surface area contributed by atoms with E-state index in [9.17, 15) is 0 Å². The van der Waals surface area contributed by atoms with Crippen LogP contribution >= 0.6 is 0 Å². The summed E-state index contributed by atoms with van der Waals surface area (Å²) in [5.41, 5.74) is 2.92. The molecule has 0 spiro atoms. The molecule has 0 saturated carbocycles. The summed E-state index contributed by atoms with van der Waals surface area (Å²) >= 11 is 0. The van der Waals surface area contributed by atoms with Crippen LogP contribution in [0.1, 0.15) is 11.5 Å². The highest BCUT2D eigenvalue weighted by molar-refractivity contribution is 5.88. The molecular formula is C12H17N5O. The van der Waals surface area contributed by atoms with Gasteiger partial charge in [-0.05, 0) is 13.8 Å². The highest BCUT2D eigenvalue weighted by Crippen LogP contribution is 2.25. The first-order valence-electron chi connectivity index (χ1n) is 6.17. The molecule has 3 rings (SSSR count). The number of hydrogen-bond donors (Lipinski definition) is 0. The minimum Gasteiger partial charge on any atom is -0.378 e. The number of anilines is 1. The normalized spacial score (nSPS) is 16.5. The van der Waals surface area contributed by atoms with Gasteiger partial charge in [-0.3, -0.25) is 4.68 Å². The Bertz CT molecular complexity index is 586. The van der Waals surface area contributed by atoms with Gasteiger partial charge in [-0.15, -0.1) is 0 Å². The van der Waals surface area contributed by atoms with Crippen LogP contribution in [0.5, 0.6) is 0 Å². The highest BCUT2D eigenvalue weighted by atomic mass is 16.5. The first-order chi connectivity index (χ1) is 8.66. The van der Waals surface area contributed by atoms with Gasteiger partial charge in [0.2, 0.25) is 0 Å². The van der Waals surface area contributed by atoms with Crippen LogP contribution in [0.4, 0.5) is 5.82 Å². The number of nitrogens with zero attached hydrogens (tertiary/aromatic N) is 5. The highest BCUT2D eigenvalue weighted by Gasteiger charge is 2.20. The van der Waals surface area contributed by atoms with E-state index >= 15 is 0 Å². The van der Waals surface area contributed by atoms with Crippen LogP contribution in [0.15, 0.2) is 0 Å². The zero-order valence-corrected chi connectivity index (χ0v) is 11.0. The molecule has 0 aliphatic carbocycles. The Balaban J connectivity index is 2.20. The van der Waals surface area contributed by atoms with E-state index in [0.29, 0.717) is 0 Å². The number of hydrogen-bond acceptors (Lipinski definition) is 5. The molecule has 1 fully saturated rings. The summed E-state index contributed by atoms with van der Waals surface area (Å²) in [7, 11) is 1.94. The van der Waals surface area contributed by atoms with E-state index in [1.165, 1.54) is 0 Å². The van der Waals surface area contributed by atoms with Crippen molar-refractivity contribution in [2.24, 2.45) is 7.05 Å². The number of ether oxygens (including phenoxy) is 1. The van der Waals surface area contributed by atoms with E-state index in [2.05, 4.69) is 20.0 Å². The zero-order valence-electron chi connectivity index (χ0n) is 11.0. The molecule has 1 aliphatic heterocycles. The van der Waals surface area contributed by atoms with Crippen LogP contribution in [0.25, 0.3) is 11.0 Å². The number of aromatic nitrogens is 4. The lowest BCUT2D eigenvalue weighted by atomic mass is 10.3. The standard InChI is InChI=1S/C12H17N5O/c1-8-10-11(16(3)15-8)12(14-9(2)13-10)17-4-6-18-7-5-17/h4-7H2,1-3H3. The van der Waals surface area contributed by atoms with Crippen molar-refractivity contribution < 1.29 is 4.74 Å². The van der Waals surface area contributed by atoms with Crippen LogP contribution < -0.4 is 4.90 Å². The van der Waals surface area contributed by atoms with Crippen LogP contribution in [0, 0.1) is 13.8 Å². The predicted octanol–water partition coefficient (Wildman–Crippen LogP) is 0.817. The van der Waals surface area contributed by atoms with Crippen LogP contribution in [-0.4, -0.2) is 46.1 Å². The maximum atomic E-state index is 5.39. The number of fused-ring (bicyclic) bond motifs is 1. The molecule has 1 saturated heterocycles. The van der Waals surface area contributed by atoms with E-state index in [4.69, 9.17) is 4.74 Å². The Hall–Kier alpha value is -1.69. The van der Waals surface area contributed by atoms with Gasteiger partial charge in [0.15, 0.2) is 5.82 Å². The van der Waals surface area contributed by atoms with Crippen LogP contribution in [-0.2, 0) is 11.8 Å². The van der Waals surface area contributed by atoms with Crippen molar-refractivity contribution in [3.8, 4) is 0 Å². The molecule has 2 aromatic rings. The smallest absolute Gasteiger partial charge is 0.158 e. The van der Waals surface area contributed by atoms with E-state index < -0.39 is 0 Å². The van der Waals surface area contributed by atoms with Gasteiger partial charge in [-0.1, -0.05) is 0 Å². The average molecular weight is 247 g/mol. The Kier molecular flexibility index (Phi) is 2.66. The van der Waals surface area contributed by atoms with Crippen molar-refractivity contribution in [2.75, 3.05) is 31.2 Å². The molecule has 0 N–H and O–H groups in total. The summed E-state index contributed by atoms with van der Waals surface area (Å²) in [6.07, 6.45) is 0. The Labute approximate surface area is 106 Å². The van der Waals surface area contributed by atoms with Crippen molar-refractivity contribution >= 4 is 16.9 Å². The van der Waals surface area contributed by atoms with Crippen molar-refractivity contribution in [3.63, 3.8) is 0 Å². The van der Waals surface area contributed by atoms with Gasteiger partial charge in [0.05, 0.1) is 18.9 Å². The van der Waals surface area contributed by atoms with Gasteiger partial charge >= 0.3 is 0 Å². The lowest BCUT2D eigenvalue weighted by Crippen LogP contribution is -2.37. The monoisotopic (exact) mass is 247 g/mol. The number of morpholine rings is 1. The molecule has 0 aromatic carbocycles. The third-order valence-corrected chi connectivity index (χ3v) is 3.25. The van der Waals surface area contributed by atoms with Crippen molar-refractivity contribution in [1.82, 2.24) is 19.7 Å². The molecule has 3 heterocycles. The quantitative estimate of drug-likeness (QED) is 0.746. The molecule has 6 nitrogen and oxygen atoms in total. The van der Waals surface area contributed by atoms with Crippen molar-refractivity contribution in [3.05, 3.63) is 11.5 Å². The maximum Gasteiger partial charge on any atom is 0.158 e. The predicted molar refractivity (Wildman–Crippen MR) is 68.8 cm³/mol. The third-order valence-electron chi connectivity index (χ3n) is 3.25. The SMILES string of the molecule is Cc1nc(N2CCOCC2)c2c(n1)c(C)nn2C. The van der Waals surface area contributed by atoms with E-state index in [-0.39, 0.29) is 0 Å². The molecule has 2 aromatic heterocycles. The zero-order chi connectivity index (χ0) is 12.7. The fourth-order valence-corrected chi connectivity index (χ4v) is 2.42. The minimum absolute atomic E-state index is 0.751. The lowest BCUT2D eigenvalue weighted by Gasteiger charge is -2.28. The van der Waals surface area contributed by atoms with Crippen molar-refractivity contribution in [2.45, 2.75) is 13.8 Å². The Morgan fingerprint density at radius 2 is 1.83 bits per heavy atom. The molecule has 1 aliphatic rings. The molecule has 6 heteroatoms. The fourth-order valence-electron chi connectivity index (χ4n) is 2.42. The minimum atomic E-state index is 0.751. The molecule has 0 bridgehead atoms. The van der Waals surface area contributed by atoms with Gasteiger partial charge < -0.3 is 9.64 Å². The molecule has 0 radical (unpaired) electrons. The molecule has 0 atom stereocenters. The molecule has 96 valence electrons. The molecule has 0 amide bonds. The largest absolute Gasteiger partial charge is 0.378 e. The summed E-state index contributed by atoms with van der Waals surface area (Å²) in [4.78, 5) is 11.3. The first-order valence-corrected chi connectivity index (χ1v) is 6.17. The van der Waals surface area contributed by atoms with Crippen LogP contribution in [0.2, 0.25) is 0 Å². The van der Waals surface area contributed by atoms with E-state index in [1.807, 2.05) is 25.6 Å². The maximum absolute atomic E-state index is 5.39. The molecule has 0 unspecified atom stereocenters. The average Bonchev–Trinajstić information content (AvgIpc) is 2.65. The second kappa shape index (κ2) is 4.20. The van der Waals surface area contributed by atoms with Gasteiger partial charge in [-0.25, -0.2) is 9.97 Å². The second-order valence-electron chi connectivity index (χ2n) is 4.60.